The number of hydrogen-bond donors (Lipinski definition) is 0. The average Bonchev–Trinajstić information content (AvgIpc) is 2.76. The Morgan fingerprint density at radius 1 is 1.42 bits per heavy atom. The molecule has 3 nitrogen and oxygen atoms in total. The monoisotopic (exact) mass is 283 g/mol. The number of aryl methyl sites for hydroxylation is 2. The number of alkyl halides is 1. The summed E-state index contributed by atoms with van der Waals surface area (Å²) in [6.07, 6.45) is 6.19. The molecule has 108 valence electrons. The Hall–Kier alpha value is -0.540. The van der Waals surface area contributed by atoms with Crippen LogP contribution in [0.15, 0.2) is 6.07 Å². The van der Waals surface area contributed by atoms with Crippen molar-refractivity contribution in [1.29, 1.82) is 0 Å². The van der Waals surface area contributed by atoms with Crippen LogP contribution in [0.2, 0.25) is 0 Å². The van der Waals surface area contributed by atoms with Gasteiger partial charge in [-0.25, -0.2) is 0 Å². The minimum absolute atomic E-state index is 0.760. The third kappa shape index (κ3) is 3.73. The number of hydrogen-bond acceptors (Lipinski definition) is 2. The standard InChI is InChI=1S/C15H26ClN3/c1-3-13-11-15(19(4-2)17-13)12-18(10-6-9-16)14-7-5-8-14/h11,14H,3-10,12H2,1-2H3. The van der Waals surface area contributed by atoms with E-state index in [2.05, 4.69) is 34.6 Å². The average molecular weight is 284 g/mol. The number of nitrogens with zero attached hydrogens (tertiary/aromatic N) is 3. The van der Waals surface area contributed by atoms with Gasteiger partial charge in [-0.2, -0.15) is 5.10 Å². The van der Waals surface area contributed by atoms with Crippen molar-refractivity contribution in [2.75, 3.05) is 12.4 Å². The molecule has 4 heteroatoms. The van der Waals surface area contributed by atoms with Gasteiger partial charge in [-0.3, -0.25) is 9.58 Å². The summed E-state index contributed by atoms with van der Waals surface area (Å²) < 4.78 is 2.16. The fraction of sp³-hybridized carbons (Fsp3) is 0.800. The van der Waals surface area contributed by atoms with Gasteiger partial charge in [-0.05, 0) is 45.2 Å². The van der Waals surface area contributed by atoms with Crippen molar-refractivity contribution in [3.63, 3.8) is 0 Å². The van der Waals surface area contributed by atoms with Gasteiger partial charge in [0.2, 0.25) is 0 Å². The highest BCUT2D eigenvalue weighted by atomic mass is 35.5. The van der Waals surface area contributed by atoms with Crippen molar-refractivity contribution < 1.29 is 0 Å². The SMILES string of the molecule is CCc1cc(CN(CCCCl)C2CCC2)n(CC)n1. The third-order valence-electron chi connectivity index (χ3n) is 4.11. The summed E-state index contributed by atoms with van der Waals surface area (Å²) in [5.74, 6) is 0.760. The molecule has 1 aliphatic carbocycles. The summed E-state index contributed by atoms with van der Waals surface area (Å²) in [6.45, 7) is 7.45. The van der Waals surface area contributed by atoms with E-state index in [1.54, 1.807) is 0 Å². The molecule has 0 N–H and O–H groups in total. The lowest BCUT2D eigenvalue weighted by Crippen LogP contribution is -2.40. The molecule has 0 aliphatic heterocycles. The Morgan fingerprint density at radius 2 is 2.21 bits per heavy atom. The van der Waals surface area contributed by atoms with Crippen molar-refractivity contribution in [2.24, 2.45) is 0 Å². The van der Waals surface area contributed by atoms with Gasteiger partial charge < -0.3 is 0 Å². The Kier molecular flexibility index (Phi) is 5.71. The van der Waals surface area contributed by atoms with Crippen LogP contribution < -0.4 is 0 Å². The molecule has 1 aliphatic rings. The van der Waals surface area contributed by atoms with Crippen LogP contribution in [0.25, 0.3) is 0 Å². The van der Waals surface area contributed by atoms with E-state index in [0.29, 0.717) is 0 Å². The summed E-state index contributed by atoms with van der Waals surface area (Å²) in [5, 5.41) is 4.65. The zero-order chi connectivity index (χ0) is 13.7. The highest BCUT2D eigenvalue weighted by Crippen LogP contribution is 2.26. The van der Waals surface area contributed by atoms with E-state index in [4.69, 9.17) is 11.6 Å². The lowest BCUT2D eigenvalue weighted by atomic mass is 9.91. The number of halogens is 1. The quantitative estimate of drug-likeness (QED) is 0.682. The van der Waals surface area contributed by atoms with Crippen molar-refractivity contribution in [2.45, 2.75) is 65.1 Å². The van der Waals surface area contributed by atoms with Crippen LogP contribution in [0.5, 0.6) is 0 Å². The predicted molar refractivity (Wildman–Crippen MR) is 80.7 cm³/mol. The summed E-state index contributed by atoms with van der Waals surface area (Å²) >= 11 is 5.86. The molecular weight excluding hydrogens is 258 g/mol. The molecule has 1 aromatic heterocycles. The van der Waals surface area contributed by atoms with Gasteiger partial charge in [0.1, 0.15) is 0 Å². The summed E-state index contributed by atoms with van der Waals surface area (Å²) in [4.78, 5) is 2.61. The second-order valence-electron chi connectivity index (χ2n) is 5.39. The fourth-order valence-electron chi connectivity index (χ4n) is 2.70. The van der Waals surface area contributed by atoms with E-state index in [-0.39, 0.29) is 0 Å². The smallest absolute Gasteiger partial charge is 0.0625 e. The normalized spacial score (nSPS) is 16.0. The van der Waals surface area contributed by atoms with E-state index in [0.717, 1.165) is 44.4 Å². The van der Waals surface area contributed by atoms with Crippen LogP contribution in [0.1, 0.15) is 50.9 Å². The fourth-order valence-corrected chi connectivity index (χ4v) is 2.82. The zero-order valence-electron chi connectivity index (χ0n) is 12.2. The molecule has 2 rings (SSSR count). The zero-order valence-corrected chi connectivity index (χ0v) is 13.0. The first-order chi connectivity index (χ1) is 9.28. The van der Waals surface area contributed by atoms with Crippen molar-refractivity contribution in [1.82, 2.24) is 14.7 Å². The molecule has 0 spiro atoms. The maximum atomic E-state index is 5.86. The Labute approximate surface area is 121 Å². The molecular formula is C15H26ClN3. The van der Waals surface area contributed by atoms with Gasteiger partial charge in [0.15, 0.2) is 0 Å². The van der Waals surface area contributed by atoms with Crippen LogP contribution >= 0.6 is 11.6 Å². The van der Waals surface area contributed by atoms with Gasteiger partial charge >= 0.3 is 0 Å². The maximum absolute atomic E-state index is 5.86. The summed E-state index contributed by atoms with van der Waals surface area (Å²) in [7, 11) is 0. The van der Waals surface area contributed by atoms with Crippen molar-refractivity contribution in [3.8, 4) is 0 Å². The highest BCUT2D eigenvalue weighted by Gasteiger charge is 2.25. The first-order valence-electron chi connectivity index (χ1n) is 7.64. The molecule has 0 radical (unpaired) electrons. The molecule has 1 saturated carbocycles. The van der Waals surface area contributed by atoms with Crippen LogP contribution in [-0.2, 0) is 19.5 Å². The van der Waals surface area contributed by atoms with E-state index < -0.39 is 0 Å². The predicted octanol–water partition coefficient (Wildman–Crippen LogP) is 3.45. The topological polar surface area (TPSA) is 21.1 Å². The summed E-state index contributed by atoms with van der Waals surface area (Å²) in [6, 6.07) is 3.05. The van der Waals surface area contributed by atoms with Gasteiger partial charge in [-0.1, -0.05) is 13.3 Å². The lowest BCUT2D eigenvalue weighted by Gasteiger charge is -2.37. The molecule has 0 amide bonds. The molecule has 1 heterocycles. The van der Waals surface area contributed by atoms with Crippen molar-refractivity contribution >= 4 is 11.6 Å². The number of rotatable bonds is 8. The van der Waals surface area contributed by atoms with E-state index in [1.807, 2.05) is 0 Å². The Morgan fingerprint density at radius 3 is 2.74 bits per heavy atom. The third-order valence-corrected chi connectivity index (χ3v) is 4.38. The second-order valence-corrected chi connectivity index (χ2v) is 5.77. The molecule has 0 saturated heterocycles. The molecule has 1 fully saturated rings. The largest absolute Gasteiger partial charge is 0.295 e. The van der Waals surface area contributed by atoms with E-state index in [1.165, 1.54) is 30.7 Å². The van der Waals surface area contributed by atoms with Crippen LogP contribution in [0, 0.1) is 0 Å². The Balaban J connectivity index is 2.04. The molecule has 19 heavy (non-hydrogen) atoms. The van der Waals surface area contributed by atoms with E-state index in [9.17, 15) is 0 Å². The molecule has 0 aromatic carbocycles. The van der Waals surface area contributed by atoms with Gasteiger partial charge in [0, 0.05) is 25.0 Å². The number of aromatic nitrogens is 2. The molecule has 0 bridgehead atoms. The molecule has 0 atom stereocenters. The lowest BCUT2D eigenvalue weighted by molar-refractivity contribution is 0.116. The molecule has 1 aromatic rings. The minimum atomic E-state index is 0.760. The molecule has 0 unspecified atom stereocenters. The van der Waals surface area contributed by atoms with Crippen LogP contribution in [0.3, 0.4) is 0 Å². The second kappa shape index (κ2) is 7.30. The Bertz CT molecular complexity index is 385. The highest BCUT2D eigenvalue weighted by molar-refractivity contribution is 6.17. The first kappa shape index (κ1) is 14.9. The maximum Gasteiger partial charge on any atom is 0.0625 e. The van der Waals surface area contributed by atoms with Crippen LogP contribution in [-0.4, -0.2) is 33.1 Å². The minimum Gasteiger partial charge on any atom is -0.295 e. The van der Waals surface area contributed by atoms with Gasteiger partial charge in [-0.15, -0.1) is 11.6 Å². The van der Waals surface area contributed by atoms with Gasteiger partial charge in [0.05, 0.1) is 11.4 Å². The van der Waals surface area contributed by atoms with E-state index >= 15 is 0 Å². The van der Waals surface area contributed by atoms with Gasteiger partial charge in [0.25, 0.3) is 0 Å². The first-order valence-corrected chi connectivity index (χ1v) is 8.17. The van der Waals surface area contributed by atoms with Crippen LogP contribution in [0.4, 0.5) is 0 Å². The summed E-state index contributed by atoms with van der Waals surface area (Å²) in [5.41, 5.74) is 2.57. The van der Waals surface area contributed by atoms with Crippen molar-refractivity contribution in [3.05, 3.63) is 17.5 Å².